The van der Waals surface area contributed by atoms with Crippen molar-refractivity contribution in [3.05, 3.63) is 23.8 Å². The van der Waals surface area contributed by atoms with Crippen LogP contribution in [0.5, 0.6) is 5.75 Å². The van der Waals surface area contributed by atoms with Gasteiger partial charge in [0.05, 0.1) is 25.9 Å². The largest absolute Gasteiger partial charge is 0.495 e. The Morgan fingerprint density at radius 1 is 1.19 bits per heavy atom. The Balaban J connectivity index is 2.61. The van der Waals surface area contributed by atoms with Gasteiger partial charge in [-0.1, -0.05) is 6.07 Å². The zero-order valence-electron chi connectivity index (χ0n) is 13.3. The topological polar surface area (TPSA) is 61.9 Å². The van der Waals surface area contributed by atoms with Gasteiger partial charge in [-0.2, -0.15) is 0 Å². The fourth-order valence-corrected chi connectivity index (χ4v) is 1.78. The second-order valence-electron chi connectivity index (χ2n) is 5.21. The molecule has 0 aromatic heterocycles. The van der Waals surface area contributed by atoms with E-state index in [0.29, 0.717) is 11.4 Å². The number of carbonyl (C=O) groups is 2. The normalized spacial score (nSPS) is 10.4. The summed E-state index contributed by atoms with van der Waals surface area (Å²) in [5.41, 5.74) is 1.66. The molecule has 0 atom stereocenters. The third-order valence-electron chi connectivity index (χ3n) is 2.95. The molecule has 0 aliphatic heterocycles. The average molecular weight is 293 g/mol. The van der Waals surface area contributed by atoms with Crippen molar-refractivity contribution in [2.45, 2.75) is 6.92 Å². The third-order valence-corrected chi connectivity index (χ3v) is 2.95. The molecule has 0 bridgehead atoms. The molecular formula is C15H23N3O3. The minimum Gasteiger partial charge on any atom is -0.495 e. The van der Waals surface area contributed by atoms with E-state index in [-0.39, 0.29) is 24.9 Å². The third kappa shape index (κ3) is 5.43. The zero-order chi connectivity index (χ0) is 16.0. The number of aryl methyl sites for hydroxylation is 1. The van der Waals surface area contributed by atoms with Crippen molar-refractivity contribution in [1.82, 2.24) is 9.80 Å². The molecule has 116 valence electrons. The molecule has 6 heteroatoms. The molecule has 1 N–H and O–H groups in total. The molecule has 0 aliphatic carbocycles. The first-order valence-electron chi connectivity index (χ1n) is 6.66. The second kappa shape index (κ2) is 7.64. The average Bonchev–Trinajstić information content (AvgIpc) is 2.38. The number of amides is 2. The van der Waals surface area contributed by atoms with Gasteiger partial charge in [0.2, 0.25) is 11.8 Å². The van der Waals surface area contributed by atoms with Gasteiger partial charge in [-0.15, -0.1) is 0 Å². The van der Waals surface area contributed by atoms with Crippen molar-refractivity contribution in [2.75, 3.05) is 46.7 Å². The van der Waals surface area contributed by atoms with E-state index in [1.807, 2.05) is 25.1 Å². The maximum absolute atomic E-state index is 12.0. The van der Waals surface area contributed by atoms with Gasteiger partial charge in [-0.25, -0.2) is 0 Å². The van der Waals surface area contributed by atoms with Crippen LogP contribution >= 0.6 is 0 Å². The number of hydrogen-bond acceptors (Lipinski definition) is 4. The number of benzene rings is 1. The van der Waals surface area contributed by atoms with Crippen molar-refractivity contribution in [3.8, 4) is 5.75 Å². The van der Waals surface area contributed by atoms with Crippen LogP contribution in [0.3, 0.4) is 0 Å². The van der Waals surface area contributed by atoms with Crippen molar-refractivity contribution in [3.63, 3.8) is 0 Å². The number of methoxy groups -OCH3 is 1. The van der Waals surface area contributed by atoms with E-state index in [4.69, 9.17) is 4.74 Å². The summed E-state index contributed by atoms with van der Waals surface area (Å²) in [4.78, 5) is 26.8. The Kier molecular flexibility index (Phi) is 6.17. The molecule has 0 radical (unpaired) electrons. The van der Waals surface area contributed by atoms with Gasteiger partial charge < -0.3 is 15.0 Å². The van der Waals surface area contributed by atoms with Crippen LogP contribution in [0.1, 0.15) is 5.56 Å². The zero-order valence-corrected chi connectivity index (χ0v) is 13.3. The van der Waals surface area contributed by atoms with Crippen molar-refractivity contribution >= 4 is 17.5 Å². The summed E-state index contributed by atoms with van der Waals surface area (Å²) in [6.07, 6.45) is 0. The maximum Gasteiger partial charge on any atom is 0.238 e. The molecule has 0 saturated carbocycles. The first-order valence-corrected chi connectivity index (χ1v) is 6.66. The summed E-state index contributed by atoms with van der Waals surface area (Å²) >= 11 is 0. The molecule has 1 rings (SSSR count). The minimum atomic E-state index is -0.187. The lowest BCUT2D eigenvalue weighted by Gasteiger charge is -2.19. The molecule has 2 amide bonds. The van der Waals surface area contributed by atoms with Crippen LogP contribution in [0.2, 0.25) is 0 Å². The summed E-state index contributed by atoms with van der Waals surface area (Å²) in [5.74, 6) is 0.382. The quantitative estimate of drug-likeness (QED) is 0.849. The van der Waals surface area contributed by atoms with Crippen molar-refractivity contribution in [1.29, 1.82) is 0 Å². The van der Waals surface area contributed by atoms with Crippen LogP contribution in [-0.4, -0.2) is 63.0 Å². The maximum atomic E-state index is 12.0. The van der Waals surface area contributed by atoms with Gasteiger partial charge in [0.15, 0.2) is 0 Å². The lowest BCUT2D eigenvalue weighted by Crippen LogP contribution is -2.38. The van der Waals surface area contributed by atoms with Gasteiger partial charge in [0.1, 0.15) is 5.75 Å². The number of nitrogens with zero attached hydrogens (tertiary/aromatic N) is 2. The Morgan fingerprint density at radius 3 is 2.43 bits per heavy atom. The van der Waals surface area contributed by atoms with Crippen LogP contribution in [-0.2, 0) is 9.59 Å². The molecule has 0 fully saturated rings. The Hall–Kier alpha value is -2.08. The second-order valence-corrected chi connectivity index (χ2v) is 5.21. The number of likely N-dealkylation sites (N-methyl/N-ethyl adjacent to an activating group) is 2. The summed E-state index contributed by atoms with van der Waals surface area (Å²) in [5, 5.41) is 2.81. The smallest absolute Gasteiger partial charge is 0.238 e. The van der Waals surface area contributed by atoms with Crippen LogP contribution < -0.4 is 10.1 Å². The van der Waals surface area contributed by atoms with Crippen LogP contribution in [0.4, 0.5) is 5.69 Å². The number of ether oxygens (including phenoxy) is 1. The standard InChI is InChI=1S/C15H23N3O3/c1-11-6-7-13(21-5)12(8-11)16-14(19)9-18(4)10-15(20)17(2)3/h6-8H,9-10H2,1-5H3,(H,16,19). The van der Waals surface area contributed by atoms with Gasteiger partial charge >= 0.3 is 0 Å². The molecule has 0 saturated heterocycles. The fraction of sp³-hybridized carbons (Fsp3) is 0.467. The highest BCUT2D eigenvalue weighted by Gasteiger charge is 2.13. The predicted octanol–water partition coefficient (Wildman–Crippen LogP) is 0.962. The number of anilines is 1. The Labute approximate surface area is 125 Å². The first kappa shape index (κ1) is 17.0. The Morgan fingerprint density at radius 2 is 1.86 bits per heavy atom. The Bertz CT molecular complexity index is 515. The van der Waals surface area contributed by atoms with Gasteiger partial charge in [0, 0.05) is 14.1 Å². The van der Waals surface area contributed by atoms with Crippen LogP contribution in [0.15, 0.2) is 18.2 Å². The molecular weight excluding hydrogens is 270 g/mol. The number of carbonyl (C=O) groups excluding carboxylic acids is 2. The van der Waals surface area contributed by atoms with E-state index in [1.165, 1.54) is 4.90 Å². The predicted molar refractivity (Wildman–Crippen MR) is 82.6 cm³/mol. The number of nitrogens with one attached hydrogen (secondary N) is 1. The van der Waals surface area contributed by atoms with Crippen LogP contribution in [0, 0.1) is 6.92 Å². The minimum absolute atomic E-state index is 0.0431. The SMILES string of the molecule is COc1ccc(C)cc1NC(=O)CN(C)CC(=O)N(C)C. The van der Waals surface area contributed by atoms with E-state index in [2.05, 4.69) is 5.32 Å². The molecule has 0 unspecified atom stereocenters. The summed E-state index contributed by atoms with van der Waals surface area (Å²) in [6, 6.07) is 5.57. The molecule has 0 aliphatic rings. The summed E-state index contributed by atoms with van der Waals surface area (Å²) in [7, 11) is 6.67. The number of hydrogen-bond donors (Lipinski definition) is 1. The van der Waals surface area contributed by atoms with Crippen molar-refractivity contribution < 1.29 is 14.3 Å². The lowest BCUT2D eigenvalue weighted by molar-refractivity contribution is -0.130. The molecule has 21 heavy (non-hydrogen) atoms. The van der Waals surface area contributed by atoms with E-state index in [9.17, 15) is 9.59 Å². The highest BCUT2D eigenvalue weighted by Crippen LogP contribution is 2.24. The molecule has 1 aromatic rings. The fourth-order valence-electron chi connectivity index (χ4n) is 1.78. The van der Waals surface area contributed by atoms with E-state index in [0.717, 1.165) is 5.56 Å². The highest BCUT2D eigenvalue weighted by molar-refractivity contribution is 5.94. The monoisotopic (exact) mass is 293 g/mol. The van der Waals surface area contributed by atoms with E-state index in [1.54, 1.807) is 33.2 Å². The number of rotatable bonds is 6. The van der Waals surface area contributed by atoms with Crippen molar-refractivity contribution in [2.24, 2.45) is 0 Å². The van der Waals surface area contributed by atoms with Gasteiger partial charge in [-0.3, -0.25) is 14.5 Å². The molecule has 6 nitrogen and oxygen atoms in total. The van der Waals surface area contributed by atoms with E-state index < -0.39 is 0 Å². The van der Waals surface area contributed by atoms with Crippen LogP contribution in [0.25, 0.3) is 0 Å². The highest BCUT2D eigenvalue weighted by atomic mass is 16.5. The van der Waals surface area contributed by atoms with E-state index >= 15 is 0 Å². The molecule has 1 aromatic carbocycles. The molecule has 0 spiro atoms. The lowest BCUT2D eigenvalue weighted by atomic mass is 10.2. The summed E-state index contributed by atoms with van der Waals surface area (Å²) < 4.78 is 5.21. The van der Waals surface area contributed by atoms with Gasteiger partial charge in [-0.05, 0) is 31.7 Å². The van der Waals surface area contributed by atoms with Gasteiger partial charge in [0.25, 0.3) is 0 Å². The summed E-state index contributed by atoms with van der Waals surface area (Å²) in [6.45, 7) is 2.28. The first-order chi connectivity index (χ1) is 9.83. The molecule has 0 heterocycles.